The fourth-order valence-electron chi connectivity index (χ4n) is 2.19. The average molecular weight is 376 g/mol. The van der Waals surface area contributed by atoms with Crippen molar-refractivity contribution in [1.82, 2.24) is 19.4 Å². The van der Waals surface area contributed by atoms with Crippen LogP contribution in [-0.2, 0) is 5.92 Å². The van der Waals surface area contributed by atoms with Crippen LogP contribution in [0.5, 0.6) is 5.88 Å². The van der Waals surface area contributed by atoms with E-state index in [0.29, 0.717) is 12.4 Å². The largest absolute Gasteiger partial charge is 0.466 e. The molecule has 3 heterocycles. The Labute approximate surface area is 142 Å². The summed E-state index contributed by atoms with van der Waals surface area (Å²) in [4.78, 5) is 11.1. The quantitative estimate of drug-likeness (QED) is 0.647. The fourth-order valence-corrected chi connectivity index (χ4v) is 2.19. The number of imidazole rings is 1. The van der Waals surface area contributed by atoms with Crippen LogP contribution in [-0.4, -0.2) is 32.1 Å². The van der Waals surface area contributed by atoms with E-state index in [4.69, 9.17) is 0 Å². The first kappa shape index (κ1) is 18.0. The third-order valence-corrected chi connectivity index (χ3v) is 3.28. The Morgan fingerprint density at radius 1 is 1.04 bits per heavy atom. The summed E-state index contributed by atoms with van der Waals surface area (Å²) < 4.78 is 82.7. The first-order valence-electron chi connectivity index (χ1n) is 7.11. The second-order valence-corrected chi connectivity index (χ2v) is 5.45. The Bertz CT molecular complexity index is 947. The number of aromatic nitrogens is 4. The van der Waals surface area contributed by atoms with Crippen LogP contribution in [0.1, 0.15) is 12.7 Å². The van der Waals surface area contributed by atoms with Gasteiger partial charge in [0.05, 0.1) is 23.6 Å². The molecule has 0 aliphatic heterocycles. The van der Waals surface area contributed by atoms with Crippen molar-refractivity contribution < 1.29 is 31.1 Å². The van der Waals surface area contributed by atoms with Gasteiger partial charge in [0.15, 0.2) is 18.2 Å². The Morgan fingerprint density at radius 2 is 1.73 bits per heavy atom. The molecule has 3 rings (SSSR count). The van der Waals surface area contributed by atoms with Crippen LogP contribution in [0.25, 0.3) is 16.8 Å². The highest BCUT2D eigenvalue weighted by molar-refractivity contribution is 5.60. The van der Waals surface area contributed by atoms with Gasteiger partial charge in [-0.2, -0.15) is 22.0 Å². The van der Waals surface area contributed by atoms with Crippen LogP contribution in [0.4, 0.5) is 26.3 Å². The lowest BCUT2D eigenvalue weighted by Crippen LogP contribution is -2.20. The summed E-state index contributed by atoms with van der Waals surface area (Å²) in [5.41, 5.74) is 0.446. The molecule has 0 aliphatic rings. The van der Waals surface area contributed by atoms with E-state index >= 15 is 0 Å². The Hall–Kier alpha value is -2.85. The van der Waals surface area contributed by atoms with Gasteiger partial charge < -0.3 is 4.74 Å². The number of rotatable bonds is 4. The maximum Gasteiger partial charge on any atom is 0.422 e. The van der Waals surface area contributed by atoms with E-state index in [1.54, 1.807) is 0 Å². The number of hydrogen-bond acceptors (Lipinski definition) is 4. The molecular weight excluding hydrogens is 366 g/mol. The molecule has 0 unspecified atom stereocenters. The van der Waals surface area contributed by atoms with E-state index < -0.39 is 36.2 Å². The molecule has 0 radical (unpaired) electrons. The third kappa shape index (κ3) is 3.70. The lowest BCUT2D eigenvalue weighted by atomic mass is 10.2. The topological polar surface area (TPSA) is 52.3 Å². The predicted octanol–water partition coefficient (Wildman–Crippen LogP) is 3.98. The maximum atomic E-state index is 13.9. The highest BCUT2D eigenvalue weighted by Gasteiger charge is 2.30. The van der Waals surface area contributed by atoms with Gasteiger partial charge in [0.2, 0.25) is 0 Å². The number of hydrogen-bond donors (Lipinski definition) is 0. The molecule has 0 aliphatic carbocycles. The molecule has 0 amide bonds. The summed E-state index contributed by atoms with van der Waals surface area (Å²) >= 11 is 0. The smallest absolute Gasteiger partial charge is 0.422 e. The highest BCUT2D eigenvalue weighted by atomic mass is 19.4. The minimum Gasteiger partial charge on any atom is -0.466 e. The SMILES string of the molecule is CC(F)(F)c1ncc2cnc(-c3cnc(OCC(F)(F)F)c(F)c3)cn12. The van der Waals surface area contributed by atoms with Gasteiger partial charge in [-0.1, -0.05) is 0 Å². The molecule has 3 aromatic heterocycles. The third-order valence-electron chi connectivity index (χ3n) is 3.28. The molecule has 26 heavy (non-hydrogen) atoms. The van der Waals surface area contributed by atoms with E-state index in [0.717, 1.165) is 16.7 Å². The Morgan fingerprint density at radius 3 is 2.35 bits per heavy atom. The number of alkyl halides is 5. The lowest BCUT2D eigenvalue weighted by molar-refractivity contribution is -0.154. The van der Waals surface area contributed by atoms with Crippen LogP contribution < -0.4 is 4.74 Å². The number of pyridine rings is 1. The van der Waals surface area contributed by atoms with Crippen LogP contribution >= 0.6 is 0 Å². The molecule has 11 heteroatoms. The van der Waals surface area contributed by atoms with Gasteiger partial charge in [0.1, 0.15) is 0 Å². The van der Waals surface area contributed by atoms with E-state index in [9.17, 15) is 26.3 Å². The first-order chi connectivity index (χ1) is 12.0. The van der Waals surface area contributed by atoms with Gasteiger partial charge in [0.25, 0.3) is 5.88 Å². The number of halogens is 6. The zero-order chi connectivity index (χ0) is 19.1. The molecule has 5 nitrogen and oxygen atoms in total. The average Bonchev–Trinajstić information content (AvgIpc) is 2.96. The summed E-state index contributed by atoms with van der Waals surface area (Å²) in [6.07, 6.45) is 0.0635. The van der Waals surface area contributed by atoms with Crippen LogP contribution in [0.3, 0.4) is 0 Å². The van der Waals surface area contributed by atoms with Crippen molar-refractivity contribution in [2.24, 2.45) is 0 Å². The fraction of sp³-hybridized carbons (Fsp3) is 0.267. The van der Waals surface area contributed by atoms with Crippen LogP contribution in [0, 0.1) is 5.82 Å². The second-order valence-electron chi connectivity index (χ2n) is 5.45. The van der Waals surface area contributed by atoms with Gasteiger partial charge in [0, 0.05) is 24.9 Å². The predicted molar refractivity (Wildman–Crippen MR) is 77.3 cm³/mol. The molecular formula is C15H10F6N4O. The summed E-state index contributed by atoms with van der Waals surface area (Å²) in [6, 6.07) is 0.855. The minimum atomic E-state index is -4.64. The summed E-state index contributed by atoms with van der Waals surface area (Å²) in [7, 11) is 0. The van der Waals surface area contributed by atoms with E-state index in [-0.39, 0.29) is 11.3 Å². The molecule has 3 aromatic rings. The Balaban J connectivity index is 1.95. The van der Waals surface area contributed by atoms with Gasteiger partial charge in [-0.05, 0) is 6.07 Å². The molecule has 0 N–H and O–H groups in total. The molecule has 0 aromatic carbocycles. The van der Waals surface area contributed by atoms with Crippen LogP contribution in [0.2, 0.25) is 0 Å². The maximum absolute atomic E-state index is 13.9. The van der Waals surface area contributed by atoms with Gasteiger partial charge in [-0.3, -0.25) is 9.38 Å². The van der Waals surface area contributed by atoms with E-state index in [1.807, 2.05) is 0 Å². The van der Waals surface area contributed by atoms with Gasteiger partial charge in [-0.25, -0.2) is 14.4 Å². The van der Waals surface area contributed by atoms with E-state index in [1.165, 1.54) is 18.6 Å². The van der Waals surface area contributed by atoms with E-state index in [2.05, 4.69) is 19.7 Å². The lowest BCUT2D eigenvalue weighted by Gasteiger charge is -2.11. The van der Waals surface area contributed by atoms with Crippen molar-refractivity contribution in [3.05, 3.63) is 42.5 Å². The summed E-state index contributed by atoms with van der Waals surface area (Å²) in [5.74, 6) is -5.71. The number of fused-ring (bicyclic) bond motifs is 1. The van der Waals surface area contributed by atoms with Gasteiger partial charge >= 0.3 is 12.1 Å². The van der Waals surface area contributed by atoms with Crippen molar-refractivity contribution in [3.63, 3.8) is 0 Å². The number of ether oxygens (including phenoxy) is 1. The molecule has 0 fully saturated rings. The monoisotopic (exact) mass is 376 g/mol. The van der Waals surface area contributed by atoms with Crippen molar-refractivity contribution in [1.29, 1.82) is 0 Å². The number of nitrogens with zero attached hydrogens (tertiary/aromatic N) is 4. The zero-order valence-corrected chi connectivity index (χ0v) is 13.1. The molecule has 0 bridgehead atoms. The molecule has 138 valence electrons. The Kier molecular flexibility index (Phi) is 4.24. The van der Waals surface area contributed by atoms with Crippen molar-refractivity contribution in [3.8, 4) is 17.1 Å². The normalized spacial score (nSPS) is 12.6. The molecule has 0 spiro atoms. The first-order valence-corrected chi connectivity index (χ1v) is 7.11. The summed E-state index contributed by atoms with van der Waals surface area (Å²) in [6.45, 7) is -1.01. The summed E-state index contributed by atoms with van der Waals surface area (Å²) in [5, 5.41) is 0. The molecule has 0 saturated carbocycles. The standard InChI is InChI=1S/C15H10F6N4O/c1-14(17,18)13-24-5-9-4-22-11(6-25(9)13)8-2-10(16)12(23-3-8)26-7-15(19,20)21/h2-6H,7H2,1H3. The van der Waals surface area contributed by atoms with Crippen molar-refractivity contribution in [2.75, 3.05) is 6.61 Å². The van der Waals surface area contributed by atoms with Crippen molar-refractivity contribution in [2.45, 2.75) is 19.0 Å². The van der Waals surface area contributed by atoms with Crippen molar-refractivity contribution >= 4 is 5.52 Å². The zero-order valence-electron chi connectivity index (χ0n) is 13.1. The highest BCUT2D eigenvalue weighted by Crippen LogP contribution is 2.28. The van der Waals surface area contributed by atoms with Crippen LogP contribution in [0.15, 0.2) is 30.9 Å². The minimum absolute atomic E-state index is 0.0721. The molecule has 0 saturated heterocycles. The van der Waals surface area contributed by atoms with Gasteiger partial charge in [-0.15, -0.1) is 0 Å². The second kappa shape index (κ2) is 6.15. The molecule has 0 atom stereocenters.